The summed E-state index contributed by atoms with van der Waals surface area (Å²) in [4.78, 5) is 29.7. The molecule has 3 aliphatic heterocycles. The van der Waals surface area contributed by atoms with Gasteiger partial charge in [0, 0.05) is 76.2 Å². The lowest BCUT2D eigenvalue weighted by molar-refractivity contribution is -0.385. The summed E-state index contributed by atoms with van der Waals surface area (Å²) in [5.41, 5.74) is 2.00. The van der Waals surface area contributed by atoms with Crippen molar-refractivity contribution in [1.82, 2.24) is 15.1 Å². The minimum absolute atomic E-state index is 0.0752. The predicted octanol–water partition coefficient (Wildman–Crippen LogP) is 1.05. The number of hydrogen-bond donors (Lipinski definition) is 1. The molecular formula is C18H25N5O3. The maximum atomic E-state index is 12.4. The van der Waals surface area contributed by atoms with Crippen molar-refractivity contribution in [2.75, 3.05) is 51.2 Å². The Hall–Kier alpha value is -2.19. The number of nitrogens with one attached hydrogen (secondary N) is 1. The molecule has 0 bridgehead atoms. The first kappa shape index (κ1) is 17.2. The predicted molar refractivity (Wildman–Crippen MR) is 98.6 cm³/mol. The smallest absolute Gasteiger partial charge is 0.282 e. The molecule has 2 saturated heterocycles. The van der Waals surface area contributed by atoms with Gasteiger partial charge in [0.1, 0.15) is 5.56 Å². The Morgan fingerprint density at radius 1 is 1.15 bits per heavy atom. The van der Waals surface area contributed by atoms with Gasteiger partial charge in [0.15, 0.2) is 0 Å². The maximum Gasteiger partial charge on any atom is 0.282 e. The molecule has 1 aromatic carbocycles. The summed E-state index contributed by atoms with van der Waals surface area (Å²) in [6, 6.07) is 3.94. The van der Waals surface area contributed by atoms with Crippen LogP contribution in [0.15, 0.2) is 12.1 Å². The maximum absolute atomic E-state index is 12.4. The number of amides is 1. The van der Waals surface area contributed by atoms with Crippen molar-refractivity contribution in [2.24, 2.45) is 0 Å². The number of rotatable bonds is 3. The van der Waals surface area contributed by atoms with Crippen LogP contribution in [0.3, 0.4) is 0 Å². The van der Waals surface area contributed by atoms with Crippen molar-refractivity contribution >= 4 is 17.3 Å². The molecule has 0 saturated carbocycles. The number of piperazine rings is 1. The van der Waals surface area contributed by atoms with E-state index < -0.39 is 4.92 Å². The zero-order chi connectivity index (χ0) is 18.3. The van der Waals surface area contributed by atoms with Crippen LogP contribution in [0.2, 0.25) is 0 Å². The van der Waals surface area contributed by atoms with E-state index in [-0.39, 0.29) is 17.2 Å². The summed E-state index contributed by atoms with van der Waals surface area (Å²) < 4.78 is 0. The number of carbonyl (C=O) groups is 1. The van der Waals surface area contributed by atoms with Crippen LogP contribution in [0.25, 0.3) is 0 Å². The zero-order valence-electron chi connectivity index (χ0n) is 15.1. The summed E-state index contributed by atoms with van der Waals surface area (Å²) in [6.45, 7) is 6.64. The summed E-state index contributed by atoms with van der Waals surface area (Å²) in [5, 5.41) is 14.7. The third kappa shape index (κ3) is 2.93. The molecule has 140 valence electrons. The number of carbonyl (C=O) groups excluding carboxylic acids is 1. The Bertz CT molecular complexity index is 724. The van der Waals surface area contributed by atoms with Gasteiger partial charge >= 0.3 is 0 Å². The van der Waals surface area contributed by atoms with Crippen LogP contribution in [0, 0.1) is 10.1 Å². The van der Waals surface area contributed by atoms with Gasteiger partial charge in [0.25, 0.3) is 11.6 Å². The van der Waals surface area contributed by atoms with E-state index in [2.05, 4.69) is 15.1 Å². The lowest BCUT2D eigenvalue weighted by Gasteiger charge is -2.41. The third-order valence-corrected chi connectivity index (χ3v) is 5.89. The van der Waals surface area contributed by atoms with Gasteiger partial charge in [-0.05, 0) is 18.9 Å². The standard InChI is InChI=1S/C18H25N5O3/c1-20-12-14-15(2-3-16(23(25)26)17(14)18(20)24)22-8-4-13(5-9-22)21-10-6-19-7-11-21/h2-3,13,19H,4-12H2,1H3. The Morgan fingerprint density at radius 3 is 2.50 bits per heavy atom. The lowest BCUT2D eigenvalue weighted by Crippen LogP contribution is -2.52. The Labute approximate surface area is 152 Å². The molecule has 4 rings (SSSR count). The van der Waals surface area contributed by atoms with Gasteiger partial charge in [-0.3, -0.25) is 19.8 Å². The zero-order valence-corrected chi connectivity index (χ0v) is 15.1. The third-order valence-electron chi connectivity index (χ3n) is 5.89. The first-order valence-corrected chi connectivity index (χ1v) is 9.31. The SMILES string of the molecule is CN1Cc2c(N3CCC(N4CCNCC4)CC3)ccc([N+](=O)[O-])c2C1=O. The highest BCUT2D eigenvalue weighted by Gasteiger charge is 2.36. The van der Waals surface area contributed by atoms with E-state index in [1.165, 1.54) is 6.07 Å². The minimum atomic E-state index is -0.448. The van der Waals surface area contributed by atoms with E-state index >= 15 is 0 Å². The van der Waals surface area contributed by atoms with Gasteiger partial charge in [0.05, 0.1) is 4.92 Å². The molecule has 0 spiro atoms. The number of piperidine rings is 1. The molecule has 1 N–H and O–H groups in total. The molecule has 3 aliphatic rings. The second-order valence-corrected chi connectivity index (χ2v) is 7.38. The van der Waals surface area contributed by atoms with Gasteiger partial charge in [-0.25, -0.2) is 0 Å². The lowest BCUT2D eigenvalue weighted by atomic mass is 9.99. The normalized spacial score (nSPS) is 22.0. The molecule has 8 heteroatoms. The molecule has 1 aromatic rings. The van der Waals surface area contributed by atoms with Crippen LogP contribution >= 0.6 is 0 Å². The number of nitro benzene ring substituents is 1. The van der Waals surface area contributed by atoms with Crippen molar-refractivity contribution in [2.45, 2.75) is 25.4 Å². The van der Waals surface area contributed by atoms with E-state index in [1.54, 1.807) is 11.9 Å². The fraction of sp³-hybridized carbons (Fsp3) is 0.611. The van der Waals surface area contributed by atoms with Crippen molar-refractivity contribution in [3.05, 3.63) is 33.4 Å². The number of hydrogen-bond acceptors (Lipinski definition) is 6. The summed E-state index contributed by atoms with van der Waals surface area (Å²) in [5.74, 6) is -0.246. The van der Waals surface area contributed by atoms with Crippen LogP contribution in [-0.2, 0) is 6.54 Å². The first-order valence-electron chi connectivity index (χ1n) is 9.31. The largest absolute Gasteiger partial charge is 0.371 e. The van der Waals surface area contributed by atoms with Gasteiger partial charge < -0.3 is 15.1 Å². The monoisotopic (exact) mass is 359 g/mol. The molecule has 0 atom stereocenters. The molecule has 3 heterocycles. The molecular weight excluding hydrogens is 334 g/mol. The highest BCUT2D eigenvalue weighted by Crippen LogP contribution is 2.38. The fourth-order valence-corrected chi connectivity index (χ4v) is 4.49. The number of fused-ring (bicyclic) bond motifs is 1. The van der Waals surface area contributed by atoms with Crippen LogP contribution in [0.1, 0.15) is 28.8 Å². The molecule has 8 nitrogen and oxygen atoms in total. The van der Waals surface area contributed by atoms with Gasteiger partial charge in [-0.15, -0.1) is 0 Å². The molecule has 0 radical (unpaired) electrons. The molecule has 0 aliphatic carbocycles. The highest BCUT2D eigenvalue weighted by molar-refractivity contribution is 6.03. The van der Waals surface area contributed by atoms with Crippen LogP contribution in [0.5, 0.6) is 0 Å². The second-order valence-electron chi connectivity index (χ2n) is 7.38. The molecule has 2 fully saturated rings. The summed E-state index contributed by atoms with van der Waals surface area (Å²) in [6.07, 6.45) is 2.19. The quantitative estimate of drug-likeness (QED) is 0.642. The molecule has 1 amide bonds. The topological polar surface area (TPSA) is 82.0 Å². The van der Waals surface area contributed by atoms with Gasteiger partial charge in [-0.2, -0.15) is 0 Å². The van der Waals surface area contributed by atoms with Crippen LogP contribution < -0.4 is 10.2 Å². The highest BCUT2D eigenvalue weighted by atomic mass is 16.6. The van der Waals surface area contributed by atoms with E-state index in [9.17, 15) is 14.9 Å². The number of nitrogens with zero attached hydrogens (tertiary/aromatic N) is 4. The Balaban J connectivity index is 1.54. The van der Waals surface area contributed by atoms with Crippen molar-refractivity contribution in [3.8, 4) is 0 Å². The average Bonchev–Trinajstić information content (AvgIpc) is 2.97. The number of benzene rings is 1. The van der Waals surface area contributed by atoms with E-state index in [1.807, 2.05) is 6.07 Å². The van der Waals surface area contributed by atoms with Crippen molar-refractivity contribution in [3.63, 3.8) is 0 Å². The minimum Gasteiger partial charge on any atom is -0.371 e. The second kappa shape index (κ2) is 6.85. The van der Waals surface area contributed by atoms with E-state index in [4.69, 9.17) is 0 Å². The molecule has 26 heavy (non-hydrogen) atoms. The van der Waals surface area contributed by atoms with E-state index in [0.29, 0.717) is 12.6 Å². The van der Waals surface area contributed by atoms with E-state index in [0.717, 1.165) is 63.4 Å². The first-order chi connectivity index (χ1) is 12.6. The summed E-state index contributed by atoms with van der Waals surface area (Å²) in [7, 11) is 1.70. The molecule has 0 aromatic heterocycles. The van der Waals surface area contributed by atoms with Gasteiger partial charge in [-0.1, -0.05) is 0 Å². The van der Waals surface area contributed by atoms with Gasteiger partial charge in [0.2, 0.25) is 0 Å². The number of anilines is 1. The van der Waals surface area contributed by atoms with Crippen molar-refractivity contribution < 1.29 is 9.72 Å². The Kier molecular flexibility index (Phi) is 4.54. The fourth-order valence-electron chi connectivity index (χ4n) is 4.49. The Morgan fingerprint density at radius 2 is 1.85 bits per heavy atom. The number of nitro groups is 1. The van der Waals surface area contributed by atoms with Crippen LogP contribution in [-0.4, -0.2) is 73.0 Å². The van der Waals surface area contributed by atoms with Crippen molar-refractivity contribution in [1.29, 1.82) is 0 Å². The molecule has 0 unspecified atom stereocenters. The van der Waals surface area contributed by atoms with Crippen LogP contribution in [0.4, 0.5) is 11.4 Å². The average molecular weight is 359 g/mol. The summed E-state index contributed by atoms with van der Waals surface area (Å²) >= 11 is 0.